The minimum Gasteiger partial charge on any atom is -0.368 e. The third-order valence-corrected chi connectivity index (χ3v) is 6.83. The number of hydrogen-bond acceptors (Lipinski definition) is 5. The summed E-state index contributed by atoms with van der Waals surface area (Å²) in [6.45, 7) is 6.20. The van der Waals surface area contributed by atoms with Gasteiger partial charge in [0.25, 0.3) is 0 Å². The van der Waals surface area contributed by atoms with Gasteiger partial charge in [0, 0.05) is 25.5 Å². The van der Waals surface area contributed by atoms with Crippen molar-refractivity contribution in [2.45, 2.75) is 45.2 Å². The minimum absolute atomic E-state index is 0.0756. The van der Waals surface area contributed by atoms with Gasteiger partial charge < -0.3 is 20.9 Å². The van der Waals surface area contributed by atoms with Gasteiger partial charge in [-0.3, -0.25) is 9.59 Å². The molecule has 2 aromatic rings. The number of benzene rings is 1. The van der Waals surface area contributed by atoms with E-state index < -0.39 is 17.4 Å². The van der Waals surface area contributed by atoms with E-state index in [4.69, 9.17) is 5.73 Å². The van der Waals surface area contributed by atoms with Gasteiger partial charge in [-0.15, -0.1) is 0 Å². The van der Waals surface area contributed by atoms with Crippen LogP contribution in [0.3, 0.4) is 0 Å². The summed E-state index contributed by atoms with van der Waals surface area (Å²) in [5, 5.41) is 3.00. The molecule has 2 heterocycles. The second kappa shape index (κ2) is 9.87. The number of rotatable bonds is 8. The minimum atomic E-state index is -1.15. The standard InChI is InChI=1S/C25H34FN5O2/c1-16(2)22(25(3,28-4)24(27)33)23(32)31-14-6-7-20(31)17-12-13-29-21(15-17)30(5)19-10-8-18(26)9-11-19/h8-13,15-16,20,22,28H,6-7,14H2,1-5H3,(H2,27,33)/t20-,22+,25?/m0/s1. The monoisotopic (exact) mass is 455 g/mol. The number of amides is 2. The van der Waals surface area contributed by atoms with Crippen LogP contribution in [0.25, 0.3) is 0 Å². The van der Waals surface area contributed by atoms with Gasteiger partial charge in [0.15, 0.2) is 0 Å². The maximum atomic E-state index is 13.8. The molecule has 1 aliphatic heterocycles. The average Bonchev–Trinajstić information content (AvgIpc) is 3.29. The number of nitrogens with one attached hydrogen (secondary N) is 1. The summed E-state index contributed by atoms with van der Waals surface area (Å²) in [6.07, 6.45) is 3.43. The van der Waals surface area contributed by atoms with Crippen LogP contribution < -0.4 is 16.0 Å². The molecule has 33 heavy (non-hydrogen) atoms. The van der Waals surface area contributed by atoms with Crippen molar-refractivity contribution in [2.24, 2.45) is 17.6 Å². The molecule has 3 N–H and O–H groups in total. The molecule has 3 atom stereocenters. The van der Waals surface area contributed by atoms with Crippen LogP contribution in [0.1, 0.15) is 45.2 Å². The first-order valence-corrected chi connectivity index (χ1v) is 11.3. The molecule has 0 radical (unpaired) electrons. The quantitative estimate of drug-likeness (QED) is 0.637. The van der Waals surface area contributed by atoms with E-state index in [1.807, 2.05) is 42.8 Å². The Balaban J connectivity index is 1.91. The van der Waals surface area contributed by atoms with Gasteiger partial charge in [0.05, 0.1) is 12.0 Å². The summed E-state index contributed by atoms with van der Waals surface area (Å²) in [7, 11) is 3.53. The topological polar surface area (TPSA) is 91.6 Å². The van der Waals surface area contributed by atoms with Crippen molar-refractivity contribution in [3.8, 4) is 0 Å². The largest absolute Gasteiger partial charge is 0.368 e. The smallest absolute Gasteiger partial charge is 0.238 e. The maximum Gasteiger partial charge on any atom is 0.238 e. The van der Waals surface area contributed by atoms with E-state index in [-0.39, 0.29) is 23.7 Å². The lowest BCUT2D eigenvalue weighted by molar-refractivity contribution is -0.145. The molecule has 7 nitrogen and oxygen atoms in total. The number of anilines is 2. The number of likely N-dealkylation sites (tertiary alicyclic amines) is 1. The van der Waals surface area contributed by atoms with Crippen LogP contribution in [-0.2, 0) is 9.59 Å². The lowest BCUT2D eigenvalue weighted by atomic mass is 9.76. The molecule has 0 aliphatic carbocycles. The molecular formula is C25H34FN5O2. The highest BCUT2D eigenvalue weighted by atomic mass is 19.1. The molecule has 1 saturated heterocycles. The molecular weight excluding hydrogens is 421 g/mol. The summed E-state index contributed by atoms with van der Waals surface area (Å²) in [5.74, 6) is -0.882. The van der Waals surface area contributed by atoms with Gasteiger partial charge in [0.1, 0.15) is 17.2 Å². The van der Waals surface area contributed by atoms with E-state index in [0.717, 1.165) is 24.1 Å². The van der Waals surface area contributed by atoms with E-state index in [1.54, 1.807) is 32.3 Å². The van der Waals surface area contributed by atoms with E-state index in [1.165, 1.54) is 12.1 Å². The molecule has 3 rings (SSSR count). The summed E-state index contributed by atoms with van der Waals surface area (Å²) in [5.41, 5.74) is 6.35. The van der Waals surface area contributed by atoms with Crippen LogP contribution in [0, 0.1) is 17.7 Å². The van der Waals surface area contributed by atoms with Crippen LogP contribution in [0.2, 0.25) is 0 Å². The molecule has 178 valence electrons. The molecule has 2 amide bonds. The molecule has 1 unspecified atom stereocenters. The molecule has 0 saturated carbocycles. The first-order chi connectivity index (χ1) is 15.6. The Bertz CT molecular complexity index is 997. The third-order valence-electron chi connectivity index (χ3n) is 6.83. The molecule has 1 aromatic heterocycles. The number of nitrogens with zero attached hydrogens (tertiary/aromatic N) is 3. The van der Waals surface area contributed by atoms with E-state index in [9.17, 15) is 14.0 Å². The predicted octanol–water partition coefficient (Wildman–Crippen LogP) is 3.39. The molecule has 1 aliphatic rings. The Morgan fingerprint density at radius 3 is 2.52 bits per heavy atom. The number of likely N-dealkylation sites (N-methyl/N-ethyl adjacent to an activating group) is 1. The first kappa shape index (κ1) is 24.6. The molecule has 8 heteroatoms. The fraction of sp³-hybridized carbons (Fsp3) is 0.480. The van der Waals surface area contributed by atoms with Crippen molar-refractivity contribution in [2.75, 3.05) is 25.5 Å². The maximum absolute atomic E-state index is 13.8. The summed E-state index contributed by atoms with van der Waals surface area (Å²) < 4.78 is 13.3. The van der Waals surface area contributed by atoms with Crippen molar-refractivity contribution in [3.63, 3.8) is 0 Å². The molecule has 0 bridgehead atoms. The second-order valence-corrected chi connectivity index (χ2v) is 9.21. The Morgan fingerprint density at radius 1 is 1.27 bits per heavy atom. The van der Waals surface area contributed by atoms with Gasteiger partial charge >= 0.3 is 0 Å². The van der Waals surface area contributed by atoms with Crippen LogP contribution >= 0.6 is 0 Å². The average molecular weight is 456 g/mol. The Labute approximate surface area is 195 Å². The lowest BCUT2D eigenvalue weighted by Gasteiger charge is -2.40. The number of halogens is 1. The zero-order valence-corrected chi connectivity index (χ0v) is 20.0. The zero-order valence-electron chi connectivity index (χ0n) is 20.0. The lowest BCUT2D eigenvalue weighted by Crippen LogP contribution is -2.62. The second-order valence-electron chi connectivity index (χ2n) is 9.21. The van der Waals surface area contributed by atoms with Crippen LogP contribution in [0.15, 0.2) is 42.6 Å². The molecule has 0 spiro atoms. The van der Waals surface area contributed by atoms with Gasteiger partial charge in [-0.2, -0.15) is 0 Å². The predicted molar refractivity (Wildman–Crippen MR) is 127 cm³/mol. The van der Waals surface area contributed by atoms with E-state index in [0.29, 0.717) is 12.4 Å². The number of hydrogen-bond donors (Lipinski definition) is 2. The highest BCUT2D eigenvalue weighted by Crippen LogP contribution is 2.37. The van der Waals surface area contributed by atoms with Crippen LogP contribution in [0.5, 0.6) is 0 Å². The summed E-state index contributed by atoms with van der Waals surface area (Å²) in [6, 6.07) is 10.0. The number of nitrogens with two attached hydrogens (primary N) is 1. The van der Waals surface area contributed by atoms with Crippen molar-refractivity contribution in [3.05, 3.63) is 54.0 Å². The number of aromatic nitrogens is 1. The Kier molecular flexibility index (Phi) is 7.37. The fourth-order valence-corrected chi connectivity index (χ4v) is 4.81. The number of carbonyl (C=O) groups is 2. The van der Waals surface area contributed by atoms with Crippen molar-refractivity contribution in [1.82, 2.24) is 15.2 Å². The Hall–Kier alpha value is -3.00. The molecule has 1 fully saturated rings. The van der Waals surface area contributed by atoms with Gasteiger partial charge in [0.2, 0.25) is 11.8 Å². The number of primary amides is 1. The van der Waals surface area contributed by atoms with Crippen LogP contribution in [0.4, 0.5) is 15.9 Å². The molecule has 1 aromatic carbocycles. The van der Waals surface area contributed by atoms with Gasteiger partial charge in [-0.25, -0.2) is 9.37 Å². The summed E-state index contributed by atoms with van der Waals surface area (Å²) in [4.78, 5) is 34.3. The normalized spacial score (nSPS) is 18.8. The van der Waals surface area contributed by atoms with Crippen molar-refractivity contribution in [1.29, 1.82) is 0 Å². The van der Waals surface area contributed by atoms with Crippen molar-refractivity contribution < 1.29 is 14.0 Å². The zero-order chi connectivity index (χ0) is 24.3. The number of carbonyl (C=O) groups excluding carboxylic acids is 2. The van der Waals surface area contributed by atoms with Gasteiger partial charge in [-0.05, 0) is 74.7 Å². The third kappa shape index (κ3) is 4.85. The van der Waals surface area contributed by atoms with Crippen LogP contribution in [-0.4, -0.2) is 47.9 Å². The van der Waals surface area contributed by atoms with E-state index in [2.05, 4.69) is 10.3 Å². The first-order valence-electron chi connectivity index (χ1n) is 11.3. The highest BCUT2D eigenvalue weighted by molar-refractivity contribution is 5.93. The van der Waals surface area contributed by atoms with Crippen molar-refractivity contribution >= 4 is 23.3 Å². The van der Waals surface area contributed by atoms with Gasteiger partial charge in [-0.1, -0.05) is 13.8 Å². The van der Waals surface area contributed by atoms with E-state index >= 15 is 0 Å². The number of pyridine rings is 1. The Morgan fingerprint density at radius 2 is 1.94 bits per heavy atom. The highest BCUT2D eigenvalue weighted by Gasteiger charge is 2.47. The SMILES string of the molecule is CNC(C)(C(N)=O)[C@@H](C(=O)N1CCC[C@H]1c1ccnc(N(C)c2ccc(F)cc2)c1)C(C)C. The fourth-order valence-electron chi connectivity index (χ4n) is 4.81. The summed E-state index contributed by atoms with van der Waals surface area (Å²) >= 11 is 0.